The zero-order valence-electron chi connectivity index (χ0n) is 17.5. The Morgan fingerprint density at radius 3 is 2.21 bits per heavy atom. The van der Waals surface area contributed by atoms with Crippen LogP contribution in [0.2, 0.25) is 0 Å². The Kier molecular flexibility index (Phi) is 4.63. The molecule has 0 radical (unpaired) electrons. The lowest BCUT2D eigenvalue weighted by Gasteiger charge is -2.28. The summed E-state index contributed by atoms with van der Waals surface area (Å²) in [5.41, 5.74) is 2.02. The van der Waals surface area contributed by atoms with Crippen molar-refractivity contribution in [2.75, 3.05) is 0 Å². The molecule has 0 unspecified atom stereocenters. The fraction of sp³-hybridized carbons (Fsp3) is 0.259. The van der Waals surface area contributed by atoms with Gasteiger partial charge in [0, 0.05) is 5.56 Å². The second kappa shape index (κ2) is 6.89. The first-order valence-electron chi connectivity index (χ1n) is 10.1. The van der Waals surface area contributed by atoms with Crippen molar-refractivity contribution in [3.63, 3.8) is 0 Å². The van der Waals surface area contributed by atoms with Gasteiger partial charge >= 0.3 is 0 Å². The summed E-state index contributed by atoms with van der Waals surface area (Å²) in [6.45, 7) is 7.99. The van der Waals surface area contributed by atoms with Gasteiger partial charge in [-0.1, -0.05) is 80.6 Å². The molecule has 0 amide bonds. The monoisotopic (exact) mass is 384 g/mol. The van der Waals surface area contributed by atoms with Gasteiger partial charge in [-0.2, -0.15) is 0 Å². The van der Waals surface area contributed by atoms with Gasteiger partial charge in [0.2, 0.25) is 0 Å². The topological polar surface area (TPSA) is 40.5 Å². The van der Waals surface area contributed by atoms with E-state index in [1.807, 2.05) is 12.1 Å². The molecule has 0 bridgehead atoms. The van der Waals surface area contributed by atoms with Gasteiger partial charge in [-0.3, -0.25) is 0 Å². The highest BCUT2D eigenvalue weighted by Gasteiger charge is 2.25. The highest BCUT2D eigenvalue weighted by atomic mass is 16.3. The molecule has 0 aliphatic carbocycles. The molecule has 2 heteroatoms. The van der Waals surface area contributed by atoms with Crippen molar-refractivity contribution in [1.82, 2.24) is 0 Å². The Morgan fingerprint density at radius 2 is 1.45 bits per heavy atom. The average molecular weight is 385 g/mol. The van der Waals surface area contributed by atoms with Crippen molar-refractivity contribution in [3.8, 4) is 5.75 Å². The van der Waals surface area contributed by atoms with Crippen LogP contribution < -0.4 is 0 Å². The van der Waals surface area contributed by atoms with E-state index in [-0.39, 0.29) is 11.2 Å². The first-order chi connectivity index (χ1) is 13.7. The number of rotatable bonds is 4. The second-order valence-electron chi connectivity index (χ2n) is 9.16. The molecule has 4 aromatic carbocycles. The number of phenolic OH excluding ortho intramolecular Hbond substituents is 1. The third-order valence-corrected chi connectivity index (χ3v) is 5.84. The van der Waals surface area contributed by atoms with Crippen LogP contribution in [0.3, 0.4) is 0 Å². The first-order valence-corrected chi connectivity index (χ1v) is 10.1. The SMILES string of the molecule is CC(C)(O)c1c(O)ccc2cc(CC(C)(C)c3cccc4ccccc34)ccc12. The van der Waals surface area contributed by atoms with Crippen LogP contribution in [0.5, 0.6) is 5.75 Å². The number of aliphatic hydroxyl groups is 1. The summed E-state index contributed by atoms with van der Waals surface area (Å²) in [7, 11) is 0. The van der Waals surface area contributed by atoms with E-state index in [4.69, 9.17) is 0 Å². The smallest absolute Gasteiger partial charge is 0.122 e. The number of hydrogen-bond donors (Lipinski definition) is 2. The summed E-state index contributed by atoms with van der Waals surface area (Å²) < 4.78 is 0. The number of fused-ring (bicyclic) bond motifs is 2. The molecular formula is C27H28O2. The van der Waals surface area contributed by atoms with E-state index in [9.17, 15) is 10.2 Å². The van der Waals surface area contributed by atoms with Gasteiger partial charge in [-0.15, -0.1) is 0 Å². The lowest BCUT2D eigenvalue weighted by Crippen LogP contribution is -2.21. The van der Waals surface area contributed by atoms with Gasteiger partial charge in [0.1, 0.15) is 5.75 Å². The molecule has 0 aromatic heterocycles. The number of benzene rings is 4. The van der Waals surface area contributed by atoms with Gasteiger partial charge in [-0.25, -0.2) is 0 Å². The molecule has 29 heavy (non-hydrogen) atoms. The normalized spacial score (nSPS) is 12.6. The van der Waals surface area contributed by atoms with Crippen LogP contribution in [0.1, 0.15) is 44.4 Å². The zero-order chi connectivity index (χ0) is 20.8. The van der Waals surface area contributed by atoms with Crippen LogP contribution in [0.25, 0.3) is 21.5 Å². The summed E-state index contributed by atoms with van der Waals surface area (Å²) in [5.74, 6) is 0.133. The fourth-order valence-electron chi connectivity index (χ4n) is 4.54. The van der Waals surface area contributed by atoms with Gasteiger partial charge in [0.05, 0.1) is 5.60 Å². The van der Waals surface area contributed by atoms with E-state index in [1.54, 1.807) is 19.9 Å². The third-order valence-electron chi connectivity index (χ3n) is 5.84. The van der Waals surface area contributed by atoms with Gasteiger partial charge in [0.15, 0.2) is 0 Å². The molecule has 4 rings (SSSR count). The number of aromatic hydroxyl groups is 1. The summed E-state index contributed by atoms with van der Waals surface area (Å²) in [4.78, 5) is 0. The molecular weight excluding hydrogens is 356 g/mol. The molecule has 2 N–H and O–H groups in total. The molecule has 0 fully saturated rings. The van der Waals surface area contributed by atoms with Crippen LogP contribution in [-0.2, 0) is 17.4 Å². The largest absolute Gasteiger partial charge is 0.508 e. The van der Waals surface area contributed by atoms with Gasteiger partial charge < -0.3 is 10.2 Å². The Balaban J connectivity index is 1.76. The molecule has 0 saturated carbocycles. The third kappa shape index (κ3) is 3.61. The van der Waals surface area contributed by atoms with E-state index >= 15 is 0 Å². The fourth-order valence-corrected chi connectivity index (χ4v) is 4.54. The predicted octanol–water partition coefficient (Wildman–Crippen LogP) is 6.45. The minimum atomic E-state index is -1.10. The Bertz CT molecular complexity index is 1190. The molecule has 2 nitrogen and oxygen atoms in total. The van der Waals surface area contributed by atoms with Crippen molar-refractivity contribution in [2.45, 2.75) is 45.1 Å². The van der Waals surface area contributed by atoms with E-state index < -0.39 is 5.60 Å². The van der Waals surface area contributed by atoms with Crippen molar-refractivity contribution < 1.29 is 10.2 Å². The molecule has 0 aliphatic heterocycles. The average Bonchev–Trinajstić information content (AvgIpc) is 2.66. The summed E-state index contributed by atoms with van der Waals surface area (Å²) in [6, 6.07) is 25.0. The van der Waals surface area contributed by atoms with Crippen molar-refractivity contribution in [2.24, 2.45) is 0 Å². The number of phenols is 1. The maximum atomic E-state index is 10.5. The van der Waals surface area contributed by atoms with E-state index in [0.717, 1.165) is 17.2 Å². The molecule has 0 atom stereocenters. The van der Waals surface area contributed by atoms with Crippen LogP contribution in [0, 0.1) is 0 Å². The summed E-state index contributed by atoms with van der Waals surface area (Å²) in [6.07, 6.45) is 0.898. The summed E-state index contributed by atoms with van der Waals surface area (Å²) in [5, 5.41) is 25.3. The quantitative estimate of drug-likeness (QED) is 0.425. The maximum absolute atomic E-state index is 10.5. The van der Waals surface area contributed by atoms with Crippen LogP contribution in [0.15, 0.2) is 72.8 Å². The second-order valence-corrected chi connectivity index (χ2v) is 9.16. The lowest BCUT2D eigenvalue weighted by molar-refractivity contribution is 0.0775. The van der Waals surface area contributed by atoms with Crippen molar-refractivity contribution in [3.05, 3.63) is 89.5 Å². The maximum Gasteiger partial charge on any atom is 0.122 e. The molecule has 4 aromatic rings. The Morgan fingerprint density at radius 1 is 0.724 bits per heavy atom. The minimum absolute atomic E-state index is 0.0372. The highest BCUT2D eigenvalue weighted by Crippen LogP contribution is 2.38. The lowest BCUT2D eigenvalue weighted by atomic mass is 9.77. The minimum Gasteiger partial charge on any atom is -0.508 e. The van der Waals surface area contributed by atoms with Crippen LogP contribution >= 0.6 is 0 Å². The van der Waals surface area contributed by atoms with Crippen molar-refractivity contribution >= 4 is 21.5 Å². The molecule has 0 spiro atoms. The molecule has 0 saturated heterocycles. The molecule has 0 aliphatic rings. The molecule has 0 heterocycles. The predicted molar refractivity (Wildman–Crippen MR) is 122 cm³/mol. The Hall–Kier alpha value is -2.84. The van der Waals surface area contributed by atoms with Gasteiger partial charge in [0.25, 0.3) is 0 Å². The van der Waals surface area contributed by atoms with E-state index in [0.29, 0.717) is 5.56 Å². The first kappa shape index (κ1) is 19.5. The van der Waals surface area contributed by atoms with Crippen molar-refractivity contribution in [1.29, 1.82) is 0 Å². The van der Waals surface area contributed by atoms with Crippen LogP contribution in [-0.4, -0.2) is 10.2 Å². The van der Waals surface area contributed by atoms with Gasteiger partial charge in [-0.05, 0) is 64.4 Å². The van der Waals surface area contributed by atoms with Crippen LogP contribution in [0.4, 0.5) is 0 Å². The highest BCUT2D eigenvalue weighted by molar-refractivity contribution is 5.89. The summed E-state index contributed by atoms with van der Waals surface area (Å²) >= 11 is 0. The van der Waals surface area contributed by atoms with E-state index in [1.165, 1.54) is 21.9 Å². The molecule has 148 valence electrons. The standard InChI is InChI=1S/C27H28O2/c1-26(2,23-11-7-9-19-8-5-6-10-21(19)23)17-18-12-14-22-20(16-18)13-15-24(28)25(22)27(3,4)29/h5-16,28-29H,17H2,1-4H3. The Labute approximate surface area is 172 Å². The van der Waals surface area contributed by atoms with E-state index in [2.05, 4.69) is 68.4 Å². The number of hydrogen-bond acceptors (Lipinski definition) is 2. The zero-order valence-corrected chi connectivity index (χ0v) is 17.5.